The first-order valence-electron chi connectivity index (χ1n) is 12.8. The highest BCUT2D eigenvalue weighted by Crippen LogP contribution is 2.38. The van der Waals surface area contributed by atoms with Crippen LogP contribution in [0.2, 0.25) is 0 Å². The van der Waals surface area contributed by atoms with Crippen LogP contribution in [0.15, 0.2) is 53.4 Å². The van der Waals surface area contributed by atoms with Crippen molar-refractivity contribution in [1.29, 1.82) is 0 Å². The van der Waals surface area contributed by atoms with Crippen molar-refractivity contribution in [2.75, 3.05) is 43.4 Å². The molecule has 2 aromatic carbocycles. The molecule has 0 aliphatic carbocycles. The number of benzene rings is 2. The van der Waals surface area contributed by atoms with Gasteiger partial charge in [0, 0.05) is 44.2 Å². The van der Waals surface area contributed by atoms with E-state index in [0.717, 1.165) is 54.9 Å². The molecule has 5 rings (SSSR count). The van der Waals surface area contributed by atoms with Crippen LogP contribution >= 0.6 is 11.3 Å². The predicted octanol–water partition coefficient (Wildman–Crippen LogP) is 4.22. The third kappa shape index (κ3) is 4.83. The van der Waals surface area contributed by atoms with Crippen LogP contribution in [0.1, 0.15) is 50.1 Å². The quantitative estimate of drug-likeness (QED) is 0.495. The first-order valence-corrected chi connectivity index (χ1v) is 15.1. The molecule has 200 valence electrons. The molecular weight excluding hydrogens is 520 g/mol. The largest absolute Gasteiger partial charge is 0.345 e. The minimum Gasteiger partial charge on any atom is -0.345 e. The van der Waals surface area contributed by atoms with Crippen molar-refractivity contribution in [1.82, 2.24) is 9.80 Å². The second kappa shape index (κ2) is 10.5. The summed E-state index contributed by atoms with van der Waals surface area (Å²) in [7, 11) is -0.351. The van der Waals surface area contributed by atoms with Gasteiger partial charge in [0.25, 0.3) is 21.8 Å². The number of nitrogens with zero attached hydrogens (tertiary/aromatic N) is 3. The molecule has 0 fully saturated rings. The molecule has 0 spiro atoms. The number of amides is 2. The van der Waals surface area contributed by atoms with Crippen molar-refractivity contribution in [3.05, 3.63) is 75.7 Å². The van der Waals surface area contributed by atoms with E-state index in [4.69, 9.17) is 0 Å². The lowest BCUT2D eigenvalue weighted by atomic mass is 10.0. The van der Waals surface area contributed by atoms with Crippen LogP contribution in [0.3, 0.4) is 0 Å². The number of hydrogen-bond donors (Lipinski definition) is 1. The van der Waals surface area contributed by atoms with E-state index in [1.54, 1.807) is 14.1 Å². The SMILES string of the molecule is CCN1CCc2c(sc(NC(=O)c3ccc(S(=O)(=O)N4CCCc5ccccc54)cc3)c2C(=O)N(C)C)C1. The Bertz CT molecular complexity index is 1480. The second-order valence-electron chi connectivity index (χ2n) is 9.81. The van der Waals surface area contributed by atoms with Crippen molar-refractivity contribution in [2.45, 2.75) is 37.6 Å². The molecule has 1 N–H and O–H groups in total. The minimum absolute atomic E-state index is 0.133. The van der Waals surface area contributed by atoms with E-state index in [0.29, 0.717) is 28.4 Å². The summed E-state index contributed by atoms with van der Waals surface area (Å²) >= 11 is 1.45. The topological polar surface area (TPSA) is 90.0 Å². The molecule has 3 heterocycles. The van der Waals surface area contributed by atoms with Crippen molar-refractivity contribution >= 4 is 43.9 Å². The Morgan fingerprint density at radius 2 is 1.76 bits per heavy atom. The number of carbonyl (C=O) groups is 2. The molecule has 0 unspecified atom stereocenters. The third-order valence-electron chi connectivity index (χ3n) is 7.20. The number of hydrogen-bond acceptors (Lipinski definition) is 6. The molecule has 0 bridgehead atoms. The number of rotatable bonds is 6. The van der Waals surface area contributed by atoms with E-state index < -0.39 is 10.0 Å². The minimum atomic E-state index is -3.77. The number of para-hydroxylation sites is 1. The smallest absolute Gasteiger partial charge is 0.264 e. The van der Waals surface area contributed by atoms with Crippen LogP contribution in [0.4, 0.5) is 10.7 Å². The van der Waals surface area contributed by atoms with Gasteiger partial charge in [-0.1, -0.05) is 25.1 Å². The van der Waals surface area contributed by atoms with E-state index in [9.17, 15) is 18.0 Å². The van der Waals surface area contributed by atoms with Crippen molar-refractivity contribution in [3.8, 4) is 0 Å². The van der Waals surface area contributed by atoms with Gasteiger partial charge in [-0.15, -0.1) is 11.3 Å². The molecule has 38 heavy (non-hydrogen) atoms. The average Bonchev–Trinajstić information content (AvgIpc) is 3.28. The fraction of sp³-hybridized carbons (Fsp3) is 0.357. The van der Waals surface area contributed by atoms with Crippen LogP contribution in [0.25, 0.3) is 0 Å². The first kappa shape index (κ1) is 26.4. The van der Waals surface area contributed by atoms with Gasteiger partial charge in [0.05, 0.1) is 16.1 Å². The van der Waals surface area contributed by atoms with Crippen LogP contribution in [0, 0.1) is 0 Å². The highest BCUT2D eigenvalue weighted by Gasteiger charge is 2.31. The summed E-state index contributed by atoms with van der Waals surface area (Å²) in [6.45, 7) is 5.09. The van der Waals surface area contributed by atoms with Crippen LogP contribution < -0.4 is 9.62 Å². The Labute approximate surface area is 227 Å². The molecule has 3 aromatic rings. The van der Waals surface area contributed by atoms with Crippen molar-refractivity contribution < 1.29 is 18.0 Å². The van der Waals surface area contributed by atoms with Gasteiger partial charge in [-0.2, -0.15) is 0 Å². The zero-order valence-corrected chi connectivity index (χ0v) is 23.5. The van der Waals surface area contributed by atoms with Gasteiger partial charge in [-0.3, -0.25) is 18.8 Å². The molecule has 2 aliphatic heterocycles. The molecule has 8 nitrogen and oxygen atoms in total. The van der Waals surface area contributed by atoms with Crippen LogP contribution in [-0.2, 0) is 29.4 Å². The average molecular weight is 553 g/mol. The summed E-state index contributed by atoms with van der Waals surface area (Å²) in [5.74, 6) is -0.512. The maximum Gasteiger partial charge on any atom is 0.264 e. The highest BCUT2D eigenvalue weighted by molar-refractivity contribution is 7.92. The van der Waals surface area contributed by atoms with E-state index in [2.05, 4.69) is 17.1 Å². The standard InChI is InChI=1S/C28H32N4O4S2/c1-4-31-17-15-22-24(18-31)37-27(25(22)28(34)30(2)3)29-26(33)20-11-13-21(14-12-20)38(35,36)32-16-7-9-19-8-5-6-10-23(19)32/h5-6,8,10-14H,4,7,9,15-18H2,1-3H3,(H,29,33). The van der Waals surface area contributed by atoms with Gasteiger partial charge in [-0.25, -0.2) is 8.42 Å². The summed E-state index contributed by atoms with van der Waals surface area (Å²) in [6.07, 6.45) is 2.37. The summed E-state index contributed by atoms with van der Waals surface area (Å²) in [4.78, 5) is 31.4. The lowest BCUT2D eigenvalue weighted by Gasteiger charge is -2.30. The lowest BCUT2D eigenvalue weighted by molar-refractivity contribution is 0.0827. The first-order chi connectivity index (χ1) is 18.2. The number of fused-ring (bicyclic) bond motifs is 2. The van der Waals surface area contributed by atoms with Crippen LogP contribution in [-0.4, -0.2) is 63.8 Å². The Hall–Kier alpha value is -3.21. The van der Waals surface area contributed by atoms with Crippen molar-refractivity contribution in [3.63, 3.8) is 0 Å². The Morgan fingerprint density at radius 3 is 2.47 bits per heavy atom. The molecule has 2 aliphatic rings. The summed E-state index contributed by atoms with van der Waals surface area (Å²) < 4.78 is 28.4. The third-order valence-corrected chi connectivity index (χ3v) is 10.2. The van der Waals surface area contributed by atoms with Gasteiger partial charge >= 0.3 is 0 Å². The fourth-order valence-corrected chi connectivity index (χ4v) is 7.91. The van der Waals surface area contributed by atoms with Gasteiger partial charge in [0.2, 0.25) is 0 Å². The molecule has 0 atom stereocenters. The van der Waals surface area contributed by atoms with E-state index in [1.165, 1.54) is 44.8 Å². The molecule has 0 saturated heterocycles. The maximum absolute atomic E-state index is 13.5. The Kier molecular flexibility index (Phi) is 7.30. The van der Waals surface area contributed by atoms with E-state index in [-0.39, 0.29) is 16.7 Å². The summed E-state index contributed by atoms with van der Waals surface area (Å²) in [5, 5.41) is 3.48. The van der Waals surface area contributed by atoms with Crippen molar-refractivity contribution in [2.24, 2.45) is 0 Å². The van der Waals surface area contributed by atoms with Gasteiger partial charge in [-0.05, 0) is 67.3 Å². The molecule has 0 radical (unpaired) electrons. The number of anilines is 2. The zero-order valence-electron chi connectivity index (χ0n) is 21.9. The highest BCUT2D eigenvalue weighted by atomic mass is 32.2. The molecule has 10 heteroatoms. The number of likely N-dealkylation sites (N-methyl/N-ethyl adjacent to an activating group) is 1. The number of carbonyl (C=O) groups excluding carboxylic acids is 2. The Balaban J connectivity index is 1.39. The molecule has 0 saturated carbocycles. The Morgan fingerprint density at radius 1 is 1.03 bits per heavy atom. The van der Waals surface area contributed by atoms with Gasteiger partial charge < -0.3 is 10.2 Å². The maximum atomic E-state index is 13.5. The van der Waals surface area contributed by atoms with Gasteiger partial charge in [0.15, 0.2) is 0 Å². The number of nitrogens with one attached hydrogen (secondary N) is 1. The molecule has 2 amide bonds. The number of thiophene rings is 1. The number of aryl methyl sites for hydroxylation is 1. The van der Waals surface area contributed by atoms with Crippen LogP contribution in [0.5, 0.6) is 0 Å². The van der Waals surface area contributed by atoms with E-state index >= 15 is 0 Å². The van der Waals surface area contributed by atoms with Gasteiger partial charge in [0.1, 0.15) is 5.00 Å². The lowest BCUT2D eigenvalue weighted by Crippen LogP contribution is -2.35. The molecular formula is C28H32N4O4S2. The predicted molar refractivity (Wildman–Crippen MR) is 151 cm³/mol. The normalized spacial score (nSPS) is 15.5. The van der Waals surface area contributed by atoms with E-state index in [1.807, 2.05) is 24.3 Å². The number of sulfonamides is 1. The second-order valence-corrected chi connectivity index (χ2v) is 12.8. The fourth-order valence-electron chi connectivity index (χ4n) is 5.09. The monoisotopic (exact) mass is 552 g/mol. The summed E-state index contributed by atoms with van der Waals surface area (Å²) in [5.41, 5.74) is 3.62. The molecule has 1 aromatic heterocycles. The summed E-state index contributed by atoms with van der Waals surface area (Å²) in [6, 6.07) is 13.6. The zero-order chi connectivity index (χ0) is 27.0.